The fourth-order valence-corrected chi connectivity index (χ4v) is 6.71. The molecule has 0 atom stereocenters. The topological polar surface area (TPSA) is 117 Å². The molecule has 3 aromatic rings. The second-order valence-corrected chi connectivity index (χ2v) is 12.8. The van der Waals surface area contributed by atoms with E-state index in [2.05, 4.69) is 15.6 Å². The van der Waals surface area contributed by atoms with Crippen LogP contribution in [0.2, 0.25) is 0 Å². The third-order valence-electron chi connectivity index (χ3n) is 6.65. The minimum Gasteiger partial charge on any atom is -0.382 e. The van der Waals surface area contributed by atoms with Gasteiger partial charge >= 0.3 is 0 Å². The molecule has 1 aliphatic rings. The molecule has 0 amide bonds. The van der Waals surface area contributed by atoms with Gasteiger partial charge in [-0.05, 0) is 44.4 Å². The van der Waals surface area contributed by atoms with Gasteiger partial charge in [-0.25, -0.2) is 26.5 Å². The lowest BCUT2D eigenvalue weighted by molar-refractivity contribution is 0.103. The van der Waals surface area contributed by atoms with Crippen molar-refractivity contribution in [2.24, 2.45) is 0 Å². The van der Waals surface area contributed by atoms with Gasteiger partial charge in [-0.1, -0.05) is 47.7 Å². The average molecular weight is 564 g/mol. The Morgan fingerprint density at radius 2 is 1.74 bits per heavy atom. The number of hydrogen-bond acceptors (Lipinski definition) is 8. The molecule has 12 heteroatoms. The number of nitrogens with one attached hydrogen (secondary N) is 2. The first-order valence-electron chi connectivity index (χ1n) is 12.3. The van der Waals surface area contributed by atoms with E-state index < -0.39 is 33.0 Å². The molecule has 0 unspecified atom stereocenters. The predicted molar refractivity (Wildman–Crippen MR) is 146 cm³/mol. The highest BCUT2D eigenvalue weighted by Gasteiger charge is 2.30. The van der Waals surface area contributed by atoms with Crippen molar-refractivity contribution in [1.29, 1.82) is 0 Å². The molecule has 4 rings (SSSR count). The maximum Gasteiger partial charge on any atom is 0.215 e. The van der Waals surface area contributed by atoms with Crippen molar-refractivity contribution >= 4 is 38.1 Å². The fourth-order valence-electron chi connectivity index (χ4n) is 4.42. The summed E-state index contributed by atoms with van der Waals surface area (Å²) in [6.45, 7) is 5.04. The van der Waals surface area contributed by atoms with E-state index in [1.807, 2.05) is 44.2 Å². The number of nitrogens with zero attached hydrogens (tertiary/aromatic N) is 2. The van der Waals surface area contributed by atoms with Gasteiger partial charge < -0.3 is 16.4 Å². The Labute approximate surface area is 225 Å². The zero-order valence-corrected chi connectivity index (χ0v) is 22.8. The number of piperidine rings is 1. The number of halogens is 2. The Morgan fingerprint density at radius 3 is 2.37 bits per heavy atom. The number of carbonyl (C=O) groups is 1. The van der Waals surface area contributed by atoms with Crippen molar-refractivity contribution in [3.05, 3.63) is 76.2 Å². The van der Waals surface area contributed by atoms with Gasteiger partial charge in [0.2, 0.25) is 15.8 Å². The van der Waals surface area contributed by atoms with Crippen molar-refractivity contribution in [2.75, 3.05) is 36.4 Å². The van der Waals surface area contributed by atoms with E-state index in [4.69, 9.17) is 5.73 Å². The highest BCUT2D eigenvalue weighted by atomic mass is 32.2. The molecule has 0 radical (unpaired) electrons. The first-order chi connectivity index (χ1) is 18.0. The Kier molecular flexibility index (Phi) is 8.46. The lowest BCUT2D eigenvalue weighted by atomic mass is 9.94. The maximum atomic E-state index is 14.1. The van der Waals surface area contributed by atoms with Gasteiger partial charge in [0.25, 0.3) is 0 Å². The Bertz CT molecular complexity index is 1370. The molecule has 1 aromatic heterocycles. The van der Waals surface area contributed by atoms with Crippen molar-refractivity contribution in [2.45, 2.75) is 38.3 Å². The summed E-state index contributed by atoms with van der Waals surface area (Å²) in [4.78, 5) is 16.8. The second-order valence-electron chi connectivity index (χ2n) is 9.71. The van der Waals surface area contributed by atoms with Gasteiger partial charge in [-0.2, -0.15) is 0 Å². The van der Waals surface area contributed by atoms with Crippen molar-refractivity contribution in [3.63, 3.8) is 0 Å². The smallest absolute Gasteiger partial charge is 0.215 e. The van der Waals surface area contributed by atoms with E-state index in [1.165, 1.54) is 10.4 Å². The summed E-state index contributed by atoms with van der Waals surface area (Å²) >= 11 is 0.921. The largest absolute Gasteiger partial charge is 0.382 e. The van der Waals surface area contributed by atoms with E-state index in [1.54, 1.807) is 0 Å². The van der Waals surface area contributed by atoms with Gasteiger partial charge in [-0.3, -0.25) is 4.79 Å². The van der Waals surface area contributed by atoms with Crippen LogP contribution in [0.1, 0.15) is 47.5 Å². The molecule has 1 aliphatic heterocycles. The molecule has 0 bridgehead atoms. The number of anilines is 2. The first-order valence-corrected chi connectivity index (χ1v) is 14.7. The summed E-state index contributed by atoms with van der Waals surface area (Å²) in [6, 6.07) is 13.0. The molecule has 1 fully saturated rings. The number of ketones is 1. The number of sulfonamides is 1. The van der Waals surface area contributed by atoms with Crippen LogP contribution in [0.25, 0.3) is 0 Å². The van der Waals surface area contributed by atoms with E-state index in [0.29, 0.717) is 37.6 Å². The lowest BCUT2D eigenvalue weighted by Crippen LogP contribution is -2.46. The van der Waals surface area contributed by atoms with Gasteiger partial charge in [0.1, 0.15) is 22.3 Å². The number of thiazole rings is 1. The van der Waals surface area contributed by atoms with E-state index in [9.17, 15) is 22.0 Å². The summed E-state index contributed by atoms with van der Waals surface area (Å²) in [6.07, 6.45) is 1.07. The molecule has 38 heavy (non-hydrogen) atoms. The van der Waals surface area contributed by atoms with Crippen molar-refractivity contribution in [1.82, 2.24) is 14.6 Å². The van der Waals surface area contributed by atoms with Crippen LogP contribution >= 0.6 is 11.3 Å². The van der Waals surface area contributed by atoms with Gasteiger partial charge in [-0.15, -0.1) is 0 Å². The molecule has 8 nitrogen and oxygen atoms in total. The van der Waals surface area contributed by atoms with Gasteiger partial charge in [0.05, 0.1) is 11.3 Å². The van der Waals surface area contributed by atoms with Crippen LogP contribution < -0.4 is 16.4 Å². The minimum absolute atomic E-state index is 0.0115. The molecule has 204 valence electrons. The number of benzene rings is 2. The minimum atomic E-state index is -3.44. The Hall–Kier alpha value is -2.93. The highest BCUT2D eigenvalue weighted by molar-refractivity contribution is 7.89. The monoisotopic (exact) mass is 563 g/mol. The summed E-state index contributed by atoms with van der Waals surface area (Å²) in [5.41, 5.74) is 5.93. The van der Waals surface area contributed by atoms with Crippen LogP contribution in [-0.2, 0) is 15.6 Å². The molecule has 0 spiro atoms. The molecule has 1 saturated heterocycles. The quantitative estimate of drug-likeness (QED) is 0.320. The van der Waals surface area contributed by atoms with Crippen molar-refractivity contribution < 1.29 is 22.0 Å². The number of nitrogens with two attached hydrogens (primary N) is 1. The molecular weight excluding hydrogens is 532 g/mol. The van der Waals surface area contributed by atoms with Crippen LogP contribution in [0, 0.1) is 11.6 Å². The Morgan fingerprint density at radius 1 is 1.11 bits per heavy atom. The molecular formula is C26H31F2N5O3S2. The predicted octanol–water partition coefficient (Wildman–Crippen LogP) is 3.97. The van der Waals surface area contributed by atoms with E-state index in [0.717, 1.165) is 29.0 Å². The van der Waals surface area contributed by atoms with Gasteiger partial charge in [0, 0.05) is 31.2 Å². The summed E-state index contributed by atoms with van der Waals surface area (Å²) in [7, 11) is -3.44. The van der Waals surface area contributed by atoms with Crippen LogP contribution in [0.15, 0.2) is 48.5 Å². The first kappa shape index (κ1) is 28.1. The summed E-state index contributed by atoms with van der Waals surface area (Å²) in [5.74, 6) is -2.93. The third kappa shape index (κ3) is 6.37. The van der Waals surface area contributed by atoms with Crippen LogP contribution in [0.3, 0.4) is 0 Å². The number of aromatic nitrogens is 1. The van der Waals surface area contributed by atoms with Crippen molar-refractivity contribution in [3.8, 4) is 0 Å². The van der Waals surface area contributed by atoms with Crippen LogP contribution in [-0.4, -0.2) is 54.9 Å². The standard InChI is InChI=1S/C26H31F2N5O3S2/c1-26(2,17-7-4-3-5-8-17)30-13-16-38(35,36)33-14-11-18(12-15-33)31-25-32-24(29)23(37-25)22(34)21-19(27)9-6-10-20(21)28/h3-10,18,30H,11-16,29H2,1-2H3,(H,31,32). The molecule has 2 heterocycles. The molecule has 0 aliphatic carbocycles. The summed E-state index contributed by atoms with van der Waals surface area (Å²) < 4.78 is 55.5. The molecule has 4 N–H and O–H groups in total. The van der Waals surface area contributed by atoms with E-state index in [-0.39, 0.29) is 28.0 Å². The molecule has 2 aromatic carbocycles. The summed E-state index contributed by atoms with van der Waals surface area (Å²) in [5, 5.41) is 6.86. The fraction of sp³-hybridized carbons (Fsp3) is 0.385. The number of rotatable bonds is 10. The SMILES string of the molecule is CC(C)(NCCS(=O)(=O)N1CCC(Nc2nc(N)c(C(=O)c3c(F)cccc3F)s2)CC1)c1ccccc1. The lowest BCUT2D eigenvalue weighted by Gasteiger charge is -2.32. The number of hydrogen-bond donors (Lipinski definition) is 3. The average Bonchev–Trinajstić information content (AvgIpc) is 3.24. The van der Waals surface area contributed by atoms with Crippen LogP contribution in [0.5, 0.6) is 0 Å². The third-order valence-corrected chi connectivity index (χ3v) is 9.52. The number of nitrogen functional groups attached to an aromatic ring is 1. The maximum absolute atomic E-state index is 14.1. The number of carbonyl (C=O) groups excluding carboxylic acids is 1. The molecule has 0 saturated carbocycles. The zero-order valence-electron chi connectivity index (χ0n) is 21.2. The highest BCUT2D eigenvalue weighted by Crippen LogP contribution is 2.30. The van der Waals surface area contributed by atoms with Crippen LogP contribution in [0.4, 0.5) is 19.7 Å². The van der Waals surface area contributed by atoms with E-state index >= 15 is 0 Å². The van der Waals surface area contributed by atoms with Gasteiger partial charge in [0.15, 0.2) is 5.13 Å². The Balaban J connectivity index is 1.30. The second kappa shape index (κ2) is 11.4. The normalized spacial score (nSPS) is 15.5. The zero-order chi connectivity index (χ0) is 27.5.